The topological polar surface area (TPSA) is 27.8 Å². The summed E-state index contributed by atoms with van der Waals surface area (Å²) in [6.45, 7) is 0.957. The van der Waals surface area contributed by atoms with Gasteiger partial charge >= 0.3 is 0 Å². The van der Waals surface area contributed by atoms with E-state index in [1.807, 2.05) is 25.2 Å². The zero-order chi connectivity index (χ0) is 10.8. The molecule has 0 aliphatic heterocycles. The Balaban J connectivity index is 2.45. The molecule has 0 aliphatic rings. The van der Waals surface area contributed by atoms with Crippen molar-refractivity contribution in [3.05, 3.63) is 33.4 Å². The van der Waals surface area contributed by atoms with Gasteiger partial charge in [-0.15, -0.1) is 0 Å². The van der Waals surface area contributed by atoms with Crippen LogP contribution in [0.4, 0.5) is 0 Å². The second kappa shape index (κ2) is 4.56. The molecule has 2 rings (SSSR count). The van der Waals surface area contributed by atoms with Crippen LogP contribution in [-0.4, -0.2) is 18.6 Å². The lowest BCUT2D eigenvalue weighted by molar-refractivity contribution is 0.779. The molecule has 0 amide bonds. The Labute approximate surface area is 102 Å². The number of hydrogen-bond donors (Lipinski definition) is 2. The minimum atomic E-state index is 0.766. The molecule has 15 heavy (non-hydrogen) atoms. The van der Waals surface area contributed by atoms with Gasteiger partial charge in [-0.25, -0.2) is 0 Å². The fourth-order valence-electron chi connectivity index (χ4n) is 1.61. The molecule has 2 nitrogen and oxygen atoms in total. The summed E-state index contributed by atoms with van der Waals surface area (Å²) in [4.78, 5) is 3.38. The average molecular weight is 288 g/mol. The summed E-state index contributed by atoms with van der Waals surface area (Å²) in [5.41, 5.74) is 2.33. The number of rotatable bonds is 3. The molecule has 0 saturated heterocycles. The fraction of sp³-hybridized carbons (Fsp3) is 0.273. The Morgan fingerprint density at radius 2 is 2.27 bits per heavy atom. The molecule has 0 atom stereocenters. The van der Waals surface area contributed by atoms with E-state index in [2.05, 4.69) is 26.2 Å². The van der Waals surface area contributed by atoms with E-state index < -0.39 is 0 Å². The Morgan fingerprint density at radius 3 is 3.00 bits per heavy atom. The van der Waals surface area contributed by atoms with Gasteiger partial charge in [0.05, 0.1) is 0 Å². The highest BCUT2D eigenvalue weighted by molar-refractivity contribution is 9.10. The molecule has 4 heteroatoms. The molecule has 0 fully saturated rings. The first-order chi connectivity index (χ1) is 7.22. The largest absolute Gasteiger partial charge is 0.357 e. The van der Waals surface area contributed by atoms with E-state index in [1.54, 1.807) is 0 Å². The van der Waals surface area contributed by atoms with Gasteiger partial charge in [-0.1, -0.05) is 11.6 Å². The number of halogens is 2. The van der Waals surface area contributed by atoms with E-state index in [1.165, 1.54) is 5.69 Å². The second-order valence-electron chi connectivity index (χ2n) is 3.46. The van der Waals surface area contributed by atoms with Crippen molar-refractivity contribution in [2.75, 3.05) is 13.6 Å². The van der Waals surface area contributed by atoms with Crippen LogP contribution >= 0.6 is 27.5 Å². The normalized spacial score (nSPS) is 11.1. The Bertz CT molecular complexity index is 479. The summed E-state index contributed by atoms with van der Waals surface area (Å²) in [5, 5.41) is 5.05. The van der Waals surface area contributed by atoms with Crippen LogP contribution in [0.3, 0.4) is 0 Å². The SMILES string of the molecule is CNCCc1[nH]c2ccc(Cl)cc2c1Br. The van der Waals surface area contributed by atoms with Crippen LogP contribution in [0.5, 0.6) is 0 Å². The van der Waals surface area contributed by atoms with Crippen LogP contribution in [0.1, 0.15) is 5.69 Å². The summed E-state index contributed by atoms with van der Waals surface area (Å²) in [7, 11) is 1.95. The lowest BCUT2D eigenvalue weighted by Gasteiger charge is -1.97. The highest BCUT2D eigenvalue weighted by Gasteiger charge is 2.08. The van der Waals surface area contributed by atoms with Crippen LogP contribution in [0.15, 0.2) is 22.7 Å². The molecule has 0 radical (unpaired) electrons. The zero-order valence-corrected chi connectivity index (χ0v) is 10.7. The summed E-state index contributed by atoms with van der Waals surface area (Å²) >= 11 is 9.56. The van der Waals surface area contributed by atoms with Crippen molar-refractivity contribution in [3.63, 3.8) is 0 Å². The summed E-state index contributed by atoms with van der Waals surface area (Å²) in [5.74, 6) is 0. The first-order valence-electron chi connectivity index (χ1n) is 4.82. The van der Waals surface area contributed by atoms with Crippen molar-refractivity contribution in [1.82, 2.24) is 10.3 Å². The van der Waals surface area contributed by atoms with Crippen LogP contribution in [0.25, 0.3) is 10.9 Å². The Kier molecular flexibility index (Phi) is 3.34. The zero-order valence-electron chi connectivity index (χ0n) is 8.40. The Morgan fingerprint density at radius 1 is 1.47 bits per heavy atom. The highest BCUT2D eigenvalue weighted by Crippen LogP contribution is 2.30. The maximum absolute atomic E-state index is 5.96. The van der Waals surface area contributed by atoms with Gasteiger partial charge in [0.15, 0.2) is 0 Å². The molecule has 1 heterocycles. The van der Waals surface area contributed by atoms with Crippen LogP contribution in [-0.2, 0) is 6.42 Å². The first kappa shape index (κ1) is 11.0. The van der Waals surface area contributed by atoms with Crippen molar-refractivity contribution in [1.29, 1.82) is 0 Å². The van der Waals surface area contributed by atoms with Gasteiger partial charge in [0, 0.05) is 39.1 Å². The molecule has 0 bridgehead atoms. The Hall–Kier alpha value is -0.510. The summed E-state index contributed by atoms with van der Waals surface area (Å²) in [6.07, 6.45) is 0.976. The maximum atomic E-state index is 5.96. The third-order valence-electron chi connectivity index (χ3n) is 2.39. The molecule has 2 N–H and O–H groups in total. The molecule has 0 saturated carbocycles. The van der Waals surface area contributed by atoms with E-state index in [4.69, 9.17) is 11.6 Å². The van der Waals surface area contributed by atoms with E-state index >= 15 is 0 Å². The van der Waals surface area contributed by atoms with E-state index in [0.717, 1.165) is 33.4 Å². The number of likely N-dealkylation sites (N-methyl/N-ethyl adjacent to an activating group) is 1. The highest BCUT2D eigenvalue weighted by atomic mass is 79.9. The van der Waals surface area contributed by atoms with Gasteiger partial charge in [-0.05, 0) is 41.2 Å². The van der Waals surface area contributed by atoms with Gasteiger partial charge < -0.3 is 10.3 Å². The second-order valence-corrected chi connectivity index (χ2v) is 4.69. The third-order valence-corrected chi connectivity index (χ3v) is 3.53. The van der Waals surface area contributed by atoms with Crippen LogP contribution in [0, 0.1) is 0 Å². The van der Waals surface area contributed by atoms with Crippen molar-refractivity contribution >= 4 is 38.4 Å². The number of fused-ring (bicyclic) bond motifs is 1. The third kappa shape index (κ3) is 2.19. The lowest BCUT2D eigenvalue weighted by Crippen LogP contribution is -2.10. The quantitative estimate of drug-likeness (QED) is 0.890. The maximum Gasteiger partial charge on any atom is 0.0468 e. The predicted molar refractivity (Wildman–Crippen MR) is 68.6 cm³/mol. The number of nitrogens with one attached hydrogen (secondary N) is 2. The van der Waals surface area contributed by atoms with Gasteiger partial charge in [0.1, 0.15) is 0 Å². The smallest absolute Gasteiger partial charge is 0.0468 e. The van der Waals surface area contributed by atoms with Crippen molar-refractivity contribution < 1.29 is 0 Å². The fourth-order valence-corrected chi connectivity index (χ4v) is 2.41. The number of H-pyrrole nitrogens is 1. The molecule has 1 aromatic carbocycles. The molecule has 2 aromatic rings. The van der Waals surface area contributed by atoms with Gasteiger partial charge in [-0.2, -0.15) is 0 Å². The number of hydrogen-bond acceptors (Lipinski definition) is 1. The summed E-state index contributed by atoms with van der Waals surface area (Å²) < 4.78 is 1.12. The molecule has 80 valence electrons. The van der Waals surface area contributed by atoms with E-state index in [9.17, 15) is 0 Å². The molecular formula is C11H12BrClN2. The number of aromatic amines is 1. The van der Waals surface area contributed by atoms with Crippen molar-refractivity contribution in [2.45, 2.75) is 6.42 Å². The van der Waals surface area contributed by atoms with E-state index in [-0.39, 0.29) is 0 Å². The van der Waals surface area contributed by atoms with Gasteiger partial charge in [0.25, 0.3) is 0 Å². The van der Waals surface area contributed by atoms with Crippen LogP contribution < -0.4 is 5.32 Å². The molecule has 0 unspecified atom stereocenters. The van der Waals surface area contributed by atoms with E-state index in [0.29, 0.717) is 0 Å². The number of aromatic nitrogens is 1. The van der Waals surface area contributed by atoms with Gasteiger partial charge in [0.2, 0.25) is 0 Å². The average Bonchev–Trinajstić information content (AvgIpc) is 2.53. The molecule has 0 aliphatic carbocycles. The molecular weight excluding hydrogens is 275 g/mol. The van der Waals surface area contributed by atoms with Crippen molar-refractivity contribution in [3.8, 4) is 0 Å². The van der Waals surface area contributed by atoms with Gasteiger partial charge in [-0.3, -0.25) is 0 Å². The number of benzene rings is 1. The molecule has 1 aromatic heterocycles. The summed E-state index contributed by atoms with van der Waals surface area (Å²) in [6, 6.07) is 5.88. The molecule has 0 spiro atoms. The minimum Gasteiger partial charge on any atom is -0.357 e. The van der Waals surface area contributed by atoms with Crippen molar-refractivity contribution in [2.24, 2.45) is 0 Å². The monoisotopic (exact) mass is 286 g/mol. The lowest BCUT2D eigenvalue weighted by atomic mass is 10.2. The predicted octanol–water partition coefficient (Wildman–Crippen LogP) is 3.35. The first-order valence-corrected chi connectivity index (χ1v) is 5.99. The minimum absolute atomic E-state index is 0.766. The standard InChI is InChI=1S/C11H12BrClN2/c1-14-5-4-10-11(12)8-6-7(13)2-3-9(8)15-10/h2-3,6,14-15H,4-5H2,1H3. The van der Waals surface area contributed by atoms with Crippen LogP contribution in [0.2, 0.25) is 5.02 Å².